The summed E-state index contributed by atoms with van der Waals surface area (Å²) in [6.45, 7) is 2.94. The van der Waals surface area contributed by atoms with Gasteiger partial charge >= 0.3 is 0 Å². The van der Waals surface area contributed by atoms with E-state index in [0.29, 0.717) is 5.82 Å². The number of pyridine rings is 1. The molecule has 3 unspecified atom stereocenters. The van der Waals surface area contributed by atoms with Crippen LogP contribution in [0.2, 0.25) is 0 Å². The van der Waals surface area contributed by atoms with Crippen LogP contribution in [0.1, 0.15) is 30.5 Å². The van der Waals surface area contributed by atoms with Crippen LogP contribution in [0.4, 0.5) is 5.82 Å². The molecule has 1 amide bonds. The van der Waals surface area contributed by atoms with Crippen molar-refractivity contribution in [3.05, 3.63) is 48.0 Å². The number of hydrogen-bond acceptors (Lipinski definition) is 3. The van der Waals surface area contributed by atoms with Crippen LogP contribution in [0.5, 0.6) is 0 Å². The monoisotopic (exact) mass is 284 g/mol. The number of fused-ring (bicyclic) bond motifs is 1. The molecule has 0 aliphatic carbocycles. The van der Waals surface area contributed by atoms with E-state index in [0.717, 1.165) is 30.9 Å². The number of quaternary nitrogens is 1. The zero-order chi connectivity index (χ0) is 14.4. The Balaban J connectivity index is 1.81. The summed E-state index contributed by atoms with van der Waals surface area (Å²) in [7, 11) is 0. The number of anilines is 1. The number of aryl methyl sites for hydroxylation is 1. The Morgan fingerprint density at radius 2 is 2.24 bits per heavy atom. The molecule has 21 heavy (non-hydrogen) atoms. The molecule has 4 heterocycles. The van der Waals surface area contributed by atoms with Gasteiger partial charge in [-0.2, -0.15) is 0 Å². The molecule has 2 saturated heterocycles. The van der Waals surface area contributed by atoms with Crippen LogP contribution in [0.25, 0.3) is 0 Å². The van der Waals surface area contributed by atoms with Gasteiger partial charge < -0.3 is 4.42 Å². The molecule has 2 aromatic heterocycles. The standard InChI is InChI=1S/C16H17N3O2/c1-11-7-8-13(21-11)15-18-10-4-5-12(18)16(20)19(15)14-6-2-3-9-17-14/h2-3,6-9,12,15H,4-5,10H2,1H3/p+1. The average molecular weight is 284 g/mol. The molecular weight excluding hydrogens is 266 g/mol. The Labute approximate surface area is 123 Å². The maximum absolute atomic E-state index is 12.8. The largest absolute Gasteiger partial charge is 0.458 e. The third-order valence-corrected chi connectivity index (χ3v) is 4.48. The first-order chi connectivity index (χ1) is 10.3. The first-order valence-electron chi connectivity index (χ1n) is 7.42. The predicted octanol–water partition coefficient (Wildman–Crippen LogP) is 1.08. The van der Waals surface area contributed by atoms with Gasteiger partial charge in [-0.25, -0.2) is 9.88 Å². The Hall–Kier alpha value is -2.14. The first-order valence-corrected chi connectivity index (χ1v) is 7.42. The van der Waals surface area contributed by atoms with Gasteiger partial charge in [0.2, 0.25) is 6.17 Å². The van der Waals surface area contributed by atoms with Crippen LogP contribution in [0.3, 0.4) is 0 Å². The second-order valence-corrected chi connectivity index (χ2v) is 5.77. The third kappa shape index (κ3) is 1.88. The Morgan fingerprint density at radius 3 is 2.95 bits per heavy atom. The minimum absolute atomic E-state index is 0.0439. The lowest BCUT2D eigenvalue weighted by Crippen LogP contribution is -3.12. The van der Waals surface area contributed by atoms with Gasteiger partial charge in [0.15, 0.2) is 11.8 Å². The van der Waals surface area contributed by atoms with Crippen molar-refractivity contribution in [1.82, 2.24) is 4.98 Å². The number of furan rings is 1. The number of amides is 1. The molecule has 2 aliphatic rings. The topological polar surface area (TPSA) is 50.8 Å². The highest BCUT2D eigenvalue weighted by molar-refractivity contribution is 5.97. The molecule has 0 saturated carbocycles. The van der Waals surface area contributed by atoms with E-state index < -0.39 is 0 Å². The number of hydrogen-bond donors (Lipinski definition) is 1. The molecular formula is C16H18N3O2+. The van der Waals surface area contributed by atoms with E-state index in [2.05, 4.69) is 4.98 Å². The zero-order valence-corrected chi connectivity index (χ0v) is 12.0. The molecule has 4 rings (SSSR count). The van der Waals surface area contributed by atoms with E-state index >= 15 is 0 Å². The minimum Gasteiger partial charge on any atom is -0.458 e. The summed E-state index contributed by atoms with van der Waals surface area (Å²) in [4.78, 5) is 20.3. The van der Waals surface area contributed by atoms with Crippen LogP contribution in [-0.4, -0.2) is 23.5 Å². The summed E-state index contributed by atoms with van der Waals surface area (Å²) in [5.41, 5.74) is 0. The highest BCUT2D eigenvalue weighted by Crippen LogP contribution is 2.30. The Morgan fingerprint density at radius 1 is 1.33 bits per heavy atom. The molecule has 3 atom stereocenters. The van der Waals surface area contributed by atoms with Crippen LogP contribution in [0, 0.1) is 6.92 Å². The van der Waals surface area contributed by atoms with Gasteiger partial charge in [0.1, 0.15) is 11.6 Å². The van der Waals surface area contributed by atoms with E-state index in [9.17, 15) is 4.79 Å². The van der Waals surface area contributed by atoms with Crippen molar-refractivity contribution >= 4 is 11.7 Å². The summed E-state index contributed by atoms with van der Waals surface area (Å²) < 4.78 is 5.83. The molecule has 2 aromatic rings. The molecule has 5 heteroatoms. The SMILES string of the molecule is Cc1ccc(C2N(c3ccccn3)C(=O)C3CCC[NH+]32)o1. The molecule has 0 aromatic carbocycles. The highest BCUT2D eigenvalue weighted by Gasteiger charge is 2.55. The van der Waals surface area contributed by atoms with E-state index in [1.165, 1.54) is 4.90 Å². The quantitative estimate of drug-likeness (QED) is 0.897. The highest BCUT2D eigenvalue weighted by atomic mass is 16.3. The van der Waals surface area contributed by atoms with Gasteiger partial charge in [-0.1, -0.05) is 6.07 Å². The third-order valence-electron chi connectivity index (χ3n) is 4.48. The van der Waals surface area contributed by atoms with Crippen LogP contribution >= 0.6 is 0 Å². The maximum Gasteiger partial charge on any atom is 0.291 e. The summed E-state index contributed by atoms with van der Waals surface area (Å²) >= 11 is 0. The number of carbonyl (C=O) groups is 1. The predicted molar refractivity (Wildman–Crippen MR) is 76.8 cm³/mol. The van der Waals surface area contributed by atoms with E-state index in [4.69, 9.17) is 4.42 Å². The molecule has 5 nitrogen and oxygen atoms in total. The van der Waals surface area contributed by atoms with Crippen LogP contribution in [0.15, 0.2) is 40.9 Å². The molecule has 0 bridgehead atoms. The lowest BCUT2D eigenvalue weighted by molar-refractivity contribution is -0.925. The van der Waals surface area contributed by atoms with Crippen molar-refractivity contribution in [2.24, 2.45) is 0 Å². The summed E-state index contributed by atoms with van der Waals surface area (Å²) in [5.74, 6) is 2.61. The molecule has 2 fully saturated rings. The maximum atomic E-state index is 12.8. The van der Waals surface area contributed by atoms with Crippen molar-refractivity contribution in [1.29, 1.82) is 0 Å². The fourth-order valence-corrected chi connectivity index (χ4v) is 3.59. The fourth-order valence-electron chi connectivity index (χ4n) is 3.59. The second-order valence-electron chi connectivity index (χ2n) is 5.77. The van der Waals surface area contributed by atoms with E-state index in [1.807, 2.05) is 42.2 Å². The summed E-state index contributed by atoms with van der Waals surface area (Å²) in [6, 6.07) is 9.66. The Bertz CT molecular complexity index is 667. The number of carbonyl (C=O) groups excluding carboxylic acids is 1. The van der Waals surface area contributed by atoms with Crippen molar-refractivity contribution in [3.8, 4) is 0 Å². The average Bonchev–Trinajstić information content (AvgIpc) is 3.18. The zero-order valence-electron chi connectivity index (χ0n) is 12.0. The van der Waals surface area contributed by atoms with Crippen molar-refractivity contribution < 1.29 is 14.1 Å². The minimum atomic E-state index is -0.0893. The van der Waals surface area contributed by atoms with Gasteiger partial charge in [-0.15, -0.1) is 0 Å². The molecule has 2 aliphatic heterocycles. The smallest absolute Gasteiger partial charge is 0.291 e. The van der Waals surface area contributed by atoms with Crippen LogP contribution in [-0.2, 0) is 4.79 Å². The number of nitrogens with one attached hydrogen (secondary N) is 1. The van der Waals surface area contributed by atoms with Gasteiger partial charge in [-0.3, -0.25) is 9.69 Å². The van der Waals surface area contributed by atoms with Crippen molar-refractivity contribution in [2.75, 3.05) is 11.4 Å². The molecule has 0 spiro atoms. The lowest BCUT2D eigenvalue weighted by atomic mass is 10.2. The number of nitrogens with zero attached hydrogens (tertiary/aromatic N) is 2. The van der Waals surface area contributed by atoms with Crippen LogP contribution < -0.4 is 9.80 Å². The number of rotatable bonds is 2. The van der Waals surface area contributed by atoms with Crippen molar-refractivity contribution in [2.45, 2.75) is 32.0 Å². The van der Waals surface area contributed by atoms with Gasteiger partial charge in [0.25, 0.3) is 5.91 Å². The molecule has 1 N–H and O–H groups in total. The number of aromatic nitrogens is 1. The van der Waals surface area contributed by atoms with E-state index in [-0.39, 0.29) is 18.1 Å². The molecule has 108 valence electrons. The van der Waals surface area contributed by atoms with Gasteiger partial charge in [-0.05, 0) is 31.2 Å². The fraction of sp³-hybridized carbons (Fsp3) is 0.375. The summed E-state index contributed by atoms with van der Waals surface area (Å²) in [6.07, 6.45) is 3.69. The first kappa shape index (κ1) is 12.6. The van der Waals surface area contributed by atoms with E-state index in [1.54, 1.807) is 6.20 Å². The lowest BCUT2D eigenvalue weighted by Gasteiger charge is -2.23. The van der Waals surface area contributed by atoms with Crippen molar-refractivity contribution in [3.63, 3.8) is 0 Å². The molecule has 0 radical (unpaired) electrons. The van der Waals surface area contributed by atoms with Gasteiger partial charge in [0, 0.05) is 19.0 Å². The summed E-state index contributed by atoms with van der Waals surface area (Å²) in [5, 5.41) is 0. The van der Waals surface area contributed by atoms with Gasteiger partial charge in [0.05, 0.1) is 6.54 Å². The normalized spacial score (nSPS) is 28.1. The Kier molecular flexibility index (Phi) is 2.82. The second kappa shape index (κ2) is 4.70.